The molecule has 0 atom stereocenters. The number of guanidine groups is 1. The summed E-state index contributed by atoms with van der Waals surface area (Å²) < 4.78 is 5.15. The zero-order valence-corrected chi connectivity index (χ0v) is 18.9. The van der Waals surface area contributed by atoms with E-state index in [0.717, 1.165) is 44.0 Å². The standard InChI is InChI=1S/C23H33N5O4/c1-3-24-23(27-12-9-19(10-13-27)22(31)32-4-2)26-15-17-5-7-18(8-6-17)21(30)28-14-11-25-20(29)16-28/h5-8,19H,3-4,9-16H2,1-2H3,(H,24,26)(H,25,29). The first-order chi connectivity index (χ1) is 15.5. The van der Waals surface area contributed by atoms with Crippen LogP contribution < -0.4 is 10.6 Å². The lowest BCUT2D eigenvalue weighted by Gasteiger charge is -2.33. The smallest absolute Gasteiger partial charge is 0.309 e. The second-order valence-corrected chi connectivity index (χ2v) is 7.96. The second-order valence-electron chi connectivity index (χ2n) is 7.96. The van der Waals surface area contributed by atoms with Gasteiger partial charge in [-0.2, -0.15) is 0 Å². The fraction of sp³-hybridized carbons (Fsp3) is 0.565. The van der Waals surface area contributed by atoms with Crippen molar-refractivity contribution in [1.82, 2.24) is 20.4 Å². The number of likely N-dealkylation sites (tertiary alicyclic amines) is 1. The van der Waals surface area contributed by atoms with Gasteiger partial charge >= 0.3 is 5.97 Å². The van der Waals surface area contributed by atoms with Crippen LogP contribution in [-0.2, 0) is 20.9 Å². The Morgan fingerprint density at radius 2 is 1.84 bits per heavy atom. The largest absolute Gasteiger partial charge is 0.466 e. The number of esters is 1. The van der Waals surface area contributed by atoms with Crippen LogP contribution in [0.2, 0.25) is 0 Å². The Morgan fingerprint density at radius 3 is 2.47 bits per heavy atom. The molecule has 2 fully saturated rings. The number of benzene rings is 1. The van der Waals surface area contributed by atoms with Crippen molar-refractivity contribution in [2.24, 2.45) is 10.9 Å². The molecule has 0 aliphatic carbocycles. The van der Waals surface area contributed by atoms with Crippen LogP contribution in [0.1, 0.15) is 42.6 Å². The molecule has 0 saturated carbocycles. The molecule has 0 unspecified atom stereocenters. The molecule has 32 heavy (non-hydrogen) atoms. The van der Waals surface area contributed by atoms with E-state index in [9.17, 15) is 14.4 Å². The molecule has 9 nitrogen and oxygen atoms in total. The molecule has 0 bridgehead atoms. The van der Waals surface area contributed by atoms with Gasteiger partial charge < -0.3 is 25.2 Å². The van der Waals surface area contributed by atoms with E-state index in [4.69, 9.17) is 9.73 Å². The van der Waals surface area contributed by atoms with Crippen molar-refractivity contribution >= 4 is 23.7 Å². The van der Waals surface area contributed by atoms with Crippen molar-refractivity contribution in [3.8, 4) is 0 Å². The molecular formula is C23H33N5O4. The van der Waals surface area contributed by atoms with Gasteiger partial charge in [0.2, 0.25) is 5.91 Å². The molecule has 2 saturated heterocycles. The Bertz CT molecular complexity index is 831. The van der Waals surface area contributed by atoms with Crippen molar-refractivity contribution in [3.63, 3.8) is 0 Å². The highest BCUT2D eigenvalue weighted by molar-refractivity contribution is 5.97. The third-order valence-electron chi connectivity index (χ3n) is 5.69. The highest BCUT2D eigenvalue weighted by Crippen LogP contribution is 2.19. The van der Waals surface area contributed by atoms with E-state index in [-0.39, 0.29) is 30.2 Å². The fourth-order valence-electron chi connectivity index (χ4n) is 3.93. The molecule has 2 amide bonds. The topological polar surface area (TPSA) is 103 Å². The summed E-state index contributed by atoms with van der Waals surface area (Å²) in [7, 11) is 0. The number of amides is 2. The van der Waals surface area contributed by atoms with Crippen LogP contribution >= 0.6 is 0 Å². The summed E-state index contributed by atoms with van der Waals surface area (Å²) in [6.45, 7) is 8.15. The van der Waals surface area contributed by atoms with Crippen molar-refractivity contribution in [3.05, 3.63) is 35.4 Å². The Kier molecular flexibility index (Phi) is 8.47. The number of hydrogen-bond acceptors (Lipinski definition) is 5. The molecule has 1 aromatic rings. The minimum atomic E-state index is -0.132. The third-order valence-corrected chi connectivity index (χ3v) is 5.69. The maximum atomic E-state index is 12.6. The highest BCUT2D eigenvalue weighted by atomic mass is 16.5. The van der Waals surface area contributed by atoms with Gasteiger partial charge in [-0.3, -0.25) is 14.4 Å². The SMILES string of the molecule is CCNC(=NCc1ccc(C(=O)N2CCNC(=O)C2)cc1)N1CCC(C(=O)OCC)CC1. The summed E-state index contributed by atoms with van der Waals surface area (Å²) in [6.07, 6.45) is 1.52. The Balaban J connectivity index is 1.57. The molecule has 2 aliphatic heterocycles. The number of aliphatic imine (C=N–C) groups is 1. The van der Waals surface area contributed by atoms with Crippen LogP contribution in [0, 0.1) is 5.92 Å². The van der Waals surface area contributed by atoms with Gasteiger partial charge in [-0.05, 0) is 44.4 Å². The van der Waals surface area contributed by atoms with Crippen molar-refractivity contribution in [2.75, 3.05) is 45.9 Å². The summed E-state index contributed by atoms with van der Waals surface area (Å²) in [6, 6.07) is 7.38. The van der Waals surface area contributed by atoms with Crippen LogP contribution in [0.3, 0.4) is 0 Å². The van der Waals surface area contributed by atoms with Gasteiger partial charge in [0.25, 0.3) is 5.91 Å². The van der Waals surface area contributed by atoms with E-state index in [0.29, 0.717) is 31.8 Å². The molecule has 2 N–H and O–H groups in total. The van der Waals surface area contributed by atoms with Gasteiger partial charge in [0.15, 0.2) is 5.96 Å². The number of nitrogens with one attached hydrogen (secondary N) is 2. The first kappa shape index (κ1) is 23.6. The fourth-order valence-corrected chi connectivity index (χ4v) is 3.93. The number of nitrogens with zero attached hydrogens (tertiary/aromatic N) is 3. The third kappa shape index (κ3) is 6.21. The Hall–Kier alpha value is -3.10. The molecule has 0 spiro atoms. The van der Waals surface area contributed by atoms with Gasteiger partial charge in [0.1, 0.15) is 0 Å². The lowest BCUT2D eigenvalue weighted by molar-refractivity contribution is -0.149. The summed E-state index contributed by atoms with van der Waals surface area (Å²) >= 11 is 0. The molecule has 174 valence electrons. The Morgan fingerprint density at radius 1 is 1.12 bits per heavy atom. The molecule has 2 heterocycles. The van der Waals surface area contributed by atoms with E-state index in [1.807, 2.05) is 26.0 Å². The van der Waals surface area contributed by atoms with Gasteiger partial charge in [0, 0.05) is 38.3 Å². The second kappa shape index (κ2) is 11.5. The van der Waals surface area contributed by atoms with Crippen LogP contribution in [0.15, 0.2) is 29.3 Å². The van der Waals surface area contributed by atoms with E-state index in [1.54, 1.807) is 17.0 Å². The molecule has 0 radical (unpaired) electrons. The molecule has 9 heteroatoms. The van der Waals surface area contributed by atoms with Gasteiger partial charge in [-0.1, -0.05) is 12.1 Å². The number of piperazine rings is 1. The molecular weight excluding hydrogens is 410 g/mol. The monoisotopic (exact) mass is 443 g/mol. The highest BCUT2D eigenvalue weighted by Gasteiger charge is 2.27. The number of carbonyl (C=O) groups is 3. The number of hydrogen-bond donors (Lipinski definition) is 2. The number of carbonyl (C=O) groups excluding carboxylic acids is 3. The number of rotatable bonds is 6. The van der Waals surface area contributed by atoms with E-state index in [2.05, 4.69) is 15.5 Å². The molecule has 2 aliphatic rings. The molecule has 0 aromatic heterocycles. The van der Waals surface area contributed by atoms with E-state index in [1.165, 1.54) is 0 Å². The van der Waals surface area contributed by atoms with Crippen LogP contribution in [0.4, 0.5) is 0 Å². The number of piperidine rings is 1. The first-order valence-electron chi connectivity index (χ1n) is 11.4. The van der Waals surface area contributed by atoms with E-state index >= 15 is 0 Å². The summed E-state index contributed by atoms with van der Waals surface area (Å²) in [5, 5.41) is 6.05. The predicted octanol–water partition coefficient (Wildman–Crippen LogP) is 0.999. The van der Waals surface area contributed by atoms with Gasteiger partial charge in [-0.15, -0.1) is 0 Å². The average Bonchev–Trinajstić information content (AvgIpc) is 2.82. The maximum Gasteiger partial charge on any atom is 0.309 e. The molecule has 3 rings (SSSR count). The van der Waals surface area contributed by atoms with Crippen molar-refractivity contribution in [1.29, 1.82) is 0 Å². The van der Waals surface area contributed by atoms with E-state index < -0.39 is 0 Å². The quantitative estimate of drug-likeness (QED) is 0.386. The van der Waals surface area contributed by atoms with Crippen LogP contribution in [-0.4, -0.2) is 79.4 Å². The zero-order valence-electron chi connectivity index (χ0n) is 18.9. The maximum absolute atomic E-state index is 12.6. The first-order valence-corrected chi connectivity index (χ1v) is 11.4. The Labute approximate surface area is 189 Å². The number of ether oxygens (including phenoxy) is 1. The molecule has 1 aromatic carbocycles. The summed E-state index contributed by atoms with van der Waals surface area (Å²) in [4.78, 5) is 44.6. The lowest BCUT2D eigenvalue weighted by atomic mass is 9.97. The van der Waals surface area contributed by atoms with Crippen LogP contribution in [0.25, 0.3) is 0 Å². The summed E-state index contributed by atoms with van der Waals surface area (Å²) in [5.74, 6) is 0.429. The summed E-state index contributed by atoms with van der Waals surface area (Å²) in [5.41, 5.74) is 1.56. The van der Waals surface area contributed by atoms with Gasteiger partial charge in [-0.25, -0.2) is 4.99 Å². The zero-order chi connectivity index (χ0) is 22.9. The normalized spacial score (nSPS) is 17.7. The van der Waals surface area contributed by atoms with Crippen LogP contribution in [0.5, 0.6) is 0 Å². The average molecular weight is 444 g/mol. The van der Waals surface area contributed by atoms with Crippen molar-refractivity contribution < 1.29 is 19.1 Å². The minimum absolute atomic E-state index is 0.0369. The minimum Gasteiger partial charge on any atom is -0.466 e. The van der Waals surface area contributed by atoms with Gasteiger partial charge in [0.05, 0.1) is 25.6 Å². The predicted molar refractivity (Wildman–Crippen MR) is 121 cm³/mol. The van der Waals surface area contributed by atoms with Crippen molar-refractivity contribution in [2.45, 2.75) is 33.2 Å². The lowest BCUT2D eigenvalue weighted by Crippen LogP contribution is -2.49.